The number of hydrogen-bond donors (Lipinski definition) is 2. The van der Waals surface area contributed by atoms with E-state index in [1.807, 2.05) is 19.9 Å². The number of hydrogen-bond acceptors (Lipinski definition) is 6. The normalized spacial score (nSPS) is 11.1. The van der Waals surface area contributed by atoms with E-state index in [1.165, 1.54) is 12.1 Å². The third-order valence-corrected chi connectivity index (χ3v) is 4.06. The third kappa shape index (κ3) is 7.29. The summed E-state index contributed by atoms with van der Waals surface area (Å²) in [5, 5.41) is 5.93. The first-order chi connectivity index (χ1) is 14.4. The zero-order chi connectivity index (χ0) is 21.9. The summed E-state index contributed by atoms with van der Waals surface area (Å²) in [4.78, 5) is 22.8. The van der Waals surface area contributed by atoms with Crippen molar-refractivity contribution in [2.75, 3.05) is 11.9 Å². The first-order valence-electron chi connectivity index (χ1n) is 9.22. The van der Waals surface area contributed by atoms with Crippen LogP contribution in [0.25, 0.3) is 11.2 Å². The van der Waals surface area contributed by atoms with Gasteiger partial charge in [-0.25, -0.2) is 14.4 Å². The number of carbonyl (C=O) groups is 1. The van der Waals surface area contributed by atoms with Crippen LogP contribution in [-0.4, -0.2) is 34.0 Å². The molecular formula is C21H23ClFN5O2. The number of pyridine rings is 1. The summed E-state index contributed by atoms with van der Waals surface area (Å²) in [6, 6.07) is 6.27. The van der Waals surface area contributed by atoms with Crippen LogP contribution in [0, 0.1) is 5.82 Å². The zero-order valence-corrected chi connectivity index (χ0v) is 17.5. The Kier molecular flexibility index (Phi) is 8.96. The maximum Gasteiger partial charge on any atom is 0.207 e. The van der Waals surface area contributed by atoms with E-state index in [4.69, 9.17) is 16.3 Å². The summed E-state index contributed by atoms with van der Waals surface area (Å²) in [5.41, 5.74) is 2.93. The Morgan fingerprint density at radius 2 is 2.07 bits per heavy atom. The van der Waals surface area contributed by atoms with Crippen molar-refractivity contribution < 1.29 is 13.9 Å². The Hall–Kier alpha value is -3.26. The molecule has 9 heteroatoms. The van der Waals surface area contributed by atoms with E-state index in [1.54, 1.807) is 24.7 Å². The van der Waals surface area contributed by atoms with Gasteiger partial charge in [-0.2, -0.15) is 0 Å². The number of nitrogens with zero attached hydrogens (tertiary/aromatic N) is 3. The predicted molar refractivity (Wildman–Crippen MR) is 116 cm³/mol. The quantitative estimate of drug-likeness (QED) is 0.515. The monoisotopic (exact) mass is 431 g/mol. The van der Waals surface area contributed by atoms with Gasteiger partial charge in [-0.3, -0.25) is 9.78 Å². The molecule has 1 aromatic carbocycles. The van der Waals surface area contributed by atoms with Gasteiger partial charge >= 0.3 is 0 Å². The van der Waals surface area contributed by atoms with E-state index in [-0.39, 0.29) is 11.1 Å². The van der Waals surface area contributed by atoms with Crippen LogP contribution in [0.1, 0.15) is 20.3 Å². The Labute approximate surface area is 179 Å². The molecule has 0 aliphatic heterocycles. The highest BCUT2D eigenvalue weighted by atomic mass is 35.5. The highest BCUT2D eigenvalue weighted by Crippen LogP contribution is 2.20. The van der Waals surface area contributed by atoms with Crippen LogP contribution >= 0.6 is 11.6 Å². The highest BCUT2D eigenvalue weighted by Gasteiger charge is 2.05. The molecule has 0 aliphatic carbocycles. The maximum atomic E-state index is 12.7. The Balaban J connectivity index is 0.000000248. The first-order valence-corrected chi connectivity index (χ1v) is 9.59. The molecule has 2 heterocycles. The number of amides is 1. The molecule has 1 amide bonds. The lowest BCUT2D eigenvalue weighted by atomic mass is 10.2. The molecule has 0 saturated carbocycles. The molecule has 0 radical (unpaired) electrons. The Morgan fingerprint density at radius 1 is 1.30 bits per heavy atom. The summed E-state index contributed by atoms with van der Waals surface area (Å²) < 4.78 is 17.7. The fraction of sp³-hybridized carbons (Fsp3) is 0.238. The molecule has 0 bridgehead atoms. The largest absolute Gasteiger partial charge is 0.494 e. The summed E-state index contributed by atoms with van der Waals surface area (Å²) in [5.74, 6) is 0.0621. The number of benzene rings is 1. The Morgan fingerprint density at radius 3 is 2.77 bits per heavy atom. The van der Waals surface area contributed by atoms with Gasteiger partial charge in [0.05, 0.1) is 23.5 Å². The molecule has 1 atom stereocenters. The van der Waals surface area contributed by atoms with E-state index < -0.39 is 5.82 Å². The lowest BCUT2D eigenvalue weighted by Crippen LogP contribution is -2.25. The van der Waals surface area contributed by atoms with Crippen LogP contribution in [0.2, 0.25) is 5.02 Å². The molecule has 2 N–H and O–H groups in total. The van der Waals surface area contributed by atoms with E-state index in [2.05, 4.69) is 32.2 Å². The lowest BCUT2D eigenvalue weighted by molar-refractivity contribution is -0.110. The standard InChI is InChI=1S/C13H15N5O.C8H8ClFO/c1-9(17-8-19)5-10(2)18-11-6-12-13(16-7-11)15-4-3-14-12;1-2-11-6-3-4-7(9)8(10)5-6/h3-4,6-9,18H,2,5H2,1H3,(H,17,19);3-5H,2H2,1H3. The van der Waals surface area contributed by atoms with Gasteiger partial charge in [-0.15, -0.1) is 0 Å². The third-order valence-electron chi connectivity index (χ3n) is 3.75. The summed E-state index contributed by atoms with van der Waals surface area (Å²) >= 11 is 5.45. The predicted octanol–water partition coefficient (Wildman–Crippen LogP) is 4.35. The molecule has 158 valence electrons. The molecule has 7 nitrogen and oxygen atoms in total. The minimum absolute atomic E-state index is 0.0331. The smallest absolute Gasteiger partial charge is 0.207 e. The van der Waals surface area contributed by atoms with Gasteiger partial charge in [0.15, 0.2) is 5.65 Å². The second-order valence-electron chi connectivity index (χ2n) is 6.25. The van der Waals surface area contributed by atoms with Crippen molar-refractivity contribution in [3.8, 4) is 5.75 Å². The molecule has 3 aromatic rings. The molecule has 0 fully saturated rings. The van der Waals surface area contributed by atoms with Crippen molar-refractivity contribution in [1.29, 1.82) is 0 Å². The van der Waals surface area contributed by atoms with Gasteiger partial charge in [0.25, 0.3) is 0 Å². The molecule has 1 unspecified atom stereocenters. The summed E-state index contributed by atoms with van der Waals surface area (Å²) in [6.45, 7) is 8.20. The van der Waals surface area contributed by atoms with Gasteiger partial charge in [0, 0.05) is 36.6 Å². The molecular weight excluding hydrogens is 409 g/mol. The van der Waals surface area contributed by atoms with Gasteiger partial charge in [-0.05, 0) is 32.0 Å². The number of fused-ring (bicyclic) bond motifs is 1. The van der Waals surface area contributed by atoms with E-state index >= 15 is 0 Å². The van der Waals surface area contributed by atoms with Crippen molar-refractivity contribution in [2.45, 2.75) is 26.3 Å². The molecule has 0 spiro atoms. The van der Waals surface area contributed by atoms with Crippen molar-refractivity contribution in [3.05, 3.63) is 66.0 Å². The van der Waals surface area contributed by atoms with Gasteiger partial charge in [0.1, 0.15) is 17.1 Å². The van der Waals surface area contributed by atoms with E-state index in [0.29, 0.717) is 30.8 Å². The zero-order valence-electron chi connectivity index (χ0n) is 16.7. The minimum atomic E-state index is -0.447. The van der Waals surface area contributed by atoms with Crippen LogP contribution in [0.4, 0.5) is 10.1 Å². The molecule has 2 aromatic heterocycles. The van der Waals surface area contributed by atoms with Crippen LogP contribution < -0.4 is 15.4 Å². The fourth-order valence-electron chi connectivity index (χ4n) is 2.46. The highest BCUT2D eigenvalue weighted by molar-refractivity contribution is 6.30. The van der Waals surface area contributed by atoms with Gasteiger partial charge in [0.2, 0.25) is 6.41 Å². The minimum Gasteiger partial charge on any atom is -0.494 e. The van der Waals surface area contributed by atoms with Crippen LogP contribution in [0.15, 0.2) is 55.1 Å². The first kappa shape index (κ1) is 23.0. The Bertz CT molecular complexity index is 1000. The number of rotatable bonds is 8. The van der Waals surface area contributed by atoms with Crippen molar-refractivity contribution in [2.24, 2.45) is 0 Å². The SMILES string of the molecule is C=C(CC(C)NC=O)Nc1cnc2nccnc2c1.CCOc1ccc(Cl)c(F)c1. The number of nitrogens with one attached hydrogen (secondary N) is 2. The number of anilines is 1. The van der Waals surface area contributed by atoms with E-state index in [0.717, 1.165) is 16.9 Å². The number of halogens is 2. The molecule has 3 rings (SSSR count). The number of ether oxygens (including phenoxy) is 1. The average Bonchev–Trinajstić information content (AvgIpc) is 2.71. The van der Waals surface area contributed by atoms with Crippen LogP contribution in [0.3, 0.4) is 0 Å². The van der Waals surface area contributed by atoms with Crippen LogP contribution in [-0.2, 0) is 4.79 Å². The number of aromatic nitrogens is 3. The van der Waals surface area contributed by atoms with Crippen molar-refractivity contribution in [1.82, 2.24) is 20.3 Å². The van der Waals surface area contributed by atoms with Crippen molar-refractivity contribution >= 4 is 34.9 Å². The van der Waals surface area contributed by atoms with Crippen LogP contribution in [0.5, 0.6) is 5.75 Å². The van der Waals surface area contributed by atoms with Gasteiger partial charge < -0.3 is 15.4 Å². The fourth-order valence-corrected chi connectivity index (χ4v) is 2.58. The van der Waals surface area contributed by atoms with E-state index in [9.17, 15) is 9.18 Å². The number of carbonyl (C=O) groups excluding carboxylic acids is 1. The molecule has 30 heavy (non-hydrogen) atoms. The van der Waals surface area contributed by atoms with Crippen molar-refractivity contribution in [3.63, 3.8) is 0 Å². The lowest BCUT2D eigenvalue weighted by Gasteiger charge is -2.14. The second kappa shape index (κ2) is 11.7. The maximum absolute atomic E-state index is 12.7. The van der Waals surface area contributed by atoms with Gasteiger partial charge in [-0.1, -0.05) is 18.2 Å². The summed E-state index contributed by atoms with van der Waals surface area (Å²) in [7, 11) is 0. The summed E-state index contributed by atoms with van der Waals surface area (Å²) in [6.07, 6.45) is 6.23. The average molecular weight is 432 g/mol. The second-order valence-corrected chi connectivity index (χ2v) is 6.66. The topological polar surface area (TPSA) is 89.0 Å². The molecule has 0 aliphatic rings. The molecule has 0 saturated heterocycles.